The van der Waals surface area contributed by atoms with Crippen LogP contribution in [0.1, 0.15) is 47.9 Å². The van der Waals surface area contributed by atoms with Gasteiger partial charge in [0, 0.05) is 12.1 Å². The molecule has 152 valence electrons. The largest absolute Gasteiger partial charge is 0.467 e. The molecule has 0 saturated heterocycles. The summed E-state index contributed by atoms with van der Waals surface area (Å²) in [5, 5.41) is 10.2. The Morgan fingerprint density at radius 3 is 2.79 bits per heavy atom. The molecular weight excluding hydrogens is 374 g/mol. The lowest BCUT2D eigenvalue weighted by atomic mass is 9.85. The number of carbonyl (C=O) groups is 3. The smallest absolute Gasteiger partial charge is 0.264 e. The van der Waals surface area contributed by atoms with Crippen LogP contribution in [0, 0.1) is 11.8 Å². The number of hydrogen-bond acceptors (Lipinski definition) is 7. The number of aliphatic hydroxyl groups excluding tert-OH is 1. The molecule has 0 bridgehead atoms. The maximum Gasteiger partial charge on any atom is 0.264 e. The molecule has 2 aliphatic rings. The number of nitrogens with zero attached hydrogens (tertiary/aromatic N) is 1. The molecule has 1 N–H and O–H groups in total. The SMILES string of the molecule is O=C1C(=O)[C@H](CCc2ccnc3c2CCCC3O)[C@@H](COCc2ccco2)C1=O. The molecule has 1 unspecified atom stereocenters. The average molecular weight is 397 g/mol. The normalized spacial score (nSPS) is 24.2. The van der Waals surface area contributed by atoms with Crippen molar-refractivity contribution in [1.29, 1.82) is 0 Å². The molecule has 2 aliphatic carbocycles. The minimum atomic E-state index is -0.922. The summed E-state index contributed by atoms with van der Waals surface area (Å²) in [5.74, 6) is -3.02. The van der Waals surface area contributed by atoms with Gasteiger partial charge in [0.1, 0.15) is 12.4 Å². The van der Waals surface area contributed by atoms with E-state index in [0.717, 1.165) is 24.0 Å². The maximum atomic E-state index is 12.4. The molecule has 7 heteroatoms. The zero-order chi connectivity index (χ0) is 20.4. The number of pyridine rings is 1. The molecule has 2 aromatic rings. The van der Waals surface area contributed by atoms with Crippen molar-refractivity contribution < 1.29 is 28.6 Å². The van der Waals surface area contributed by atoms with E-state index >= 15 is 0 Å². The lowest BCUT2D eigenvalue weighted by molar-refractivity contribution is -0.141. The third-order valence-corrected chi connectivity index (χ3v) is 5.86. The van der Waals surface area contributed by atoms with Gasteiger partial charge in [-0.1, -0.05) is 0 Å². The number of furan rings is 1. The Bertz CT molecular complexity index is 919. The molecular formula is C22H23NO6. The molecule has 0 radical (unpaired) electrons. The number of hydrogen-bond donors (Lipinski definition) is 1. The van der Waals surface area contributed by atoms with E-state index in [-0.39, 0.29) is 13.2 Å². The maximum absolute atomic E-state index is 12.4. The van der Waals surface area contributed by atoms with Gasteiger partial charge in [-0.2, -0.15) is 0 Å². The van der Waals surface area contributed by atoms with Gasteiger partial charge in [0.2, 0.25) is 11.6 Å². The second-order valence-corrected chi connectivity index (χ2v) is 7.65. The van der Waals surface area contributed by atoms with E-state index in [1.54, 1.807) is 18.3 Å². The summed E-state index contributed by atoms with van der Waals surface area (Å²) in [6.07, 6.45) is 5.99. The number of Topliss-reactive ketones (excluding diaryl/α,β-unsaturated/α-hetero) is 3. The van der Waals surface area contributed by atoms with Crippen LogP contribution in [0.4, 0.5) is 0 Å². The zero-order valence-corrected chi connectivity index (χ0v) is 16.0. The quantitative estimate of drug-likeness (QED) is 0.713. The standard InChI is InChI=1S/C22H23NO6/c24-18-5-1-4-15-13(8-9-23-19(15)18)6-7-16-17(21(26)22(27)20(16)25)12-28-11-14-3-2-10-29-14/h2-3,8-10,16-18,24H,1,4-7,11-12H2/t16-,17-,18?/m1/s1. The Morgan fingerprint density at radius 1 is 1.17 bits per heavy atom. The number of fused-ring (bicyclic) bond motifs is 1. The van der Waals surface area contributed by atoms with Gasteiger partial charge in [-0.15, -0.1) is 0 Å². The molecule has 29 heavy (non-hydrogen) atoms. The highest BCUT2D eigenvalue weighted by atomic mass is 16.5. The highest BCUT2D eigenvalue weighted by molar-refractivity contribution is 6.68. The number of aromatic nitrogens is 1. The summed E-state index contributed by atoms with van der Waals surface area (Å²) in [5.41, 5.74) is 2.75. The number of carbonyl (C=O) groups excluding carboxylic acids is 3. The van der Waals surface area contributed by atoms with Crippen LogP contribution in [0.25, 0.3) is 0 Å². The first kappa shape index (κ1) is 19.7. The van der Waals surface area contributed by atoms with Crippen molar-refractivity contribution in [2.45, 2.75) is 44.8 Å². The molecule has 7 nitrogen and oxygen atoms in total. The first-order valence-electron chi connectivity index (χ1n) is 9.93. The highest BCUT2D eigenvalue weighted by Gasteiger charge is 2.48. The number of aliphatic hydroxyl groups is 1. The summed E-state index contributed by atoms with van der Waals surface area (Å²) < 4.78 is 10.7. The second-order valence-electron chi connectivity index (χ2n) is 7.65. The lowest BCUT2D eigenvalue weighted by Gasteiger charge is -2.23. The van der Waals surface area contributed by atoms with Crippen molar-refractivity contribution in [3.8, 4) is 0 Å². The van der Waals surface area contributed by atoms with Crippen LogP contribution in [0.3, 0.4) is 0 Å². The molecule has 1 saturated carbocycles. The predicted octanol–water partition coefficient (Wildman–Crippen LogP) is 2.15. The minimum absolute atomic E-state index is 0.00878. The summed E-state index contributed by atoms with van der Waals surface area (Å²) in [7, 11) is 0. The van der Waals surface area contributed by atoms with Gasteiger partial charge >= 0.3 is 0 Å². The van der Waals surface area contributed by atoms with Crippen LogP contribution >= 0.6 is 0 Å². The molecule has 2 aromatic heterocycles. The van der Waals surface area contributed by atoms with Gasteiger partial charge in [0.05, 0.1) is 30.6 Å². The zero-order valence-electron chi connectivity index (χ0n) is 16.0. The van der Waals surface area contributed by atoms with Crippen molar-refractivity contribution in [2.75, 3.05) is 6.61 Å². The Morgan fingerprint density at radius 2 is 2.00 bits per heavy atom. The molecule has 0 spiro atoms. The van der Waals surface area contributed by atoms with E-state index in [9.17, 15) is 19.5 Å². The van der Waals surface area contributed by atoms with Crippen LogP contribution in [-0.2, 0) is 38.6 Å². The van der Waals surface area contributed by atoms with Crippen molar-refractivity contribution in [2.24, 2.45) is 11.8 Å². The van der Waals surface area contributed by atoms with Crippen molar-refractivity contribution in [3.05, 3.63) is 53.2 Å². The second kappa shape index (κ2) is 8.39. The van der Waals surface area contributed by atoms with Crippen LogP contribution in [0.5, 0.6) is 0 Å². The third kappa shape index (κ3) is 3.93. The summed E-state index contributed by atoms with van der Waals surface area (Å²) in [6.45, 7) is 0.191. The highest BCUT2D eigenvalue weighted by Crippen LogP contribution is 2.33. The van der Waals surface area contributed by atoms with Crippen LogP contribution in [-0.4, -0.2) is 34.0 Å². The van der Waals surface area contributed by atoms with Gasteiger partial charge in [-0.3, -0.25) is 19.4 Å². The summed E-state index contributed by atoms with van der Waals surface area (Å²) in [6, 6.07) is 5.38. The van der Waals surface area contributed by atoms with Crippen molar-refractivity contribution in [3.63, 3.8) is 0 Å². The van der Waals surface area contributed by atoms with E-state index in [4.69, 9.17) is 9.15 Å². The van der Waals surface area contributed by atoms with Gasteiger partial charge in [0.25, 0.3) is 5.78 Å². The number of rotatable bonds is 7. The predicted molar refractivity (Wildman–Crippen MR) is 101 cm³/mol. The van der Waals surface area contributed by atoms with E-state index in [1.165, 1.54) is 6.26 Å². The average Bonchev–Trinajstić information content (AvgIpc) is 3.31. The van der Waals surface area contributed by atoms with E-state index in [2.05, 4.69) is 4.98 Å². The van der Waals surface area contributed by atoms with Gasteiger partial charge in [0.15, 0.2) is 0 Å². The molecule has 3 atom stereocenters. The Kier molecular flexibility index (Phi) is 5.69. The fourth-order valence-corrected chi connectivity index (χ4v) is 4.31. The van der Waals surface area contributed by atoms with Gasteiger partial charge < -0.3 is 14.3 Å². The molecule has 4 rings (SSSR count). The fourth-order valence-electron chi connectivity index (χ4n) is 4.31. The molecule has 1 fully saturated rings. The minimum Gasteiger partial charge on any atom is -0.467 e. The molecule has 0 aromatic carbocycles. The fraction of sp³-hybridized carbons (Fsp3) is 0.455. The first-order chi connectivity index (χ1) is 14.1. The van der Waals surface area contributed by atoms with E-state index < -0.39 is 35.3 Å². The van der Waals surface area contributed by atoms with Crippen LogP contribution in [0.2, 0.25) is 0 Å². The molecule has 0 aliphatic heterocycles. The first-order valence-corrected chi connectivity index (χ1v) is 9.93. The molecule has 0 amide bonds. The molecule has 2 heterocycles. The van der Waals surface area contributed by atoms with Crippen LogP contribution < -0.4 is 0 Å². The van der Waals surface area contributed by atoms with E-state index in [1.807, 2.05) is 6.07 Å². The van der Waals surface area contributed by atoms with Crippen LogP contribution in [0.15, 0.2) is 35.1 Å². The lowest BCUT2D eigenvalue weighted by Crippen LogP contribution is -2.24. The Hall–Kier alpha value is -2.64. The monoisotopic (exact) mass is 397 g/mol. The number of aryl methyl sites for hydroxylation is 1. The van der Waals surface area contributed by atoms with Crippen molar-refractivity contribution >= 4 is 17.3 Å². The number of ether oxygens (including phenoxy) is 1. The third-order valence-electron chi connectivity index (χ3n) is 5.86. The topological polar surface area (TPSA) is 107 Å². The van der Waals surface area contributed by atoms with Gasteiger partial charge in [-0.05, 0) is 61.4 Å². The summed E-state index contributed by atoms with van der Waals surface area (Å²) >= 11 is 0. The van der Waals surface area contributed by atoms with E-state index in [0.29, 0.717) is 30.7 Å². The van der Waals surface area contributed by atoms with Crippen molar-refractivity contribution in [1.82, 2.24) is 4.98 Å². The summed E-state index contributed by atoms with van der Waals surface area (Å²) in [4.78, 5) is 41.0. The van der Waals surface area contributed by atoms with Gasteiger partial charge in [-0.25, -0.2) is 0 Å². The number of ketones is 3. The Labute approximate surface area is 168 Å². The Balaban J connectivity index is 1.44.